The molecule has 0 amide bonds. The summed E-state index contributed by atoms with van der Waals surface area (Å²) in [5.74, 6) is 1.89. The van der Waals surface area contributed by atoms with E-state index in [9.17, 15) is 5.26 Å². The molecular formula is C49H28N4O. The van der Waals surface area contributed by atoms with Gasteiger partial charge < -0.3 is 4.42 Å². The summed E-state index contributed by atoms with van der Waals surface area (Å²) in [6.07, 6.45) is 1.70. The average molecular weight is 689 g/mol. The molecule has 0 saturated heterocycles. The summed E-state index contributed by atoms with van der Waals surface area (Å²) in [7, 11) is 0. The van der Waals surface area contributed by atoms with Gasteiger partial charge in [0, 0.05) is 22.1 Å². The molecule has 0 saturated carbocycles. The van der Waals surface area contributed by atoms with E-state index < -0.39 is 5.41 Å². The minimum absolute atomic E-state index is 0.544. The molecule has 5 heteroatoms. The fourth-order valence-corrected chi connectivity index (χ4v) is 8.77. The quantitative estimate of drug-likeness (QED) is 0.184. The molecule has 54 heavy (non-hydrogen) atoms. The van der Waals surface area contributed by atoms with Crippen LogP contribution in [0.4, 0.5) is 0 Å². The Hall–Kier alpha value is -7.42. The van der Waals surface area contributed by atoms with Crippen LogP contribution in [0.5, 0.6) is 0 Å². The Morgan fingerprint density at radius 3 is 1.56 bits per heavy atom. The molecule has 0 atom stereocenters. The van der Waals surface area contributed by atoms with Gasteiger partial charge in [-0.15, -0.1) is 0 Å². The number of rotatable bonds is 4. The summed E-state index contributed by atoms with van der Waals surface area (Å²) in [6, 6.07) is 59.3. The highest BCUT2D eigenvalue weighted by Crippen LogP contribution is 2.64. The van der Waals surface area contributed by atoms with E-state index in [-0.39, 0.29) is 0 Å². The average Bonchev–Trinajstić information content (AvgIpc) is 3.94. The number of fused-ring (bicyclic) bond motifs is 12. The van der Waals surface area contributed by atoms with Crippen LogP contribution in [0.25, 0.3) is 78.5 Å². The van der Waals surface area contributed by atoms with E-state index in [0.717, 1.165) is 49.9 Å². The summed E-state index contributed by atoms with van der Waals surface area (Å²) < 4.78 is 5.94. The van der Waals surface area contributed by atoms with E-state index in [0.29, 0.717) is 28.6 Å². The first-order valence-electron chi connectivity index (χ1n) is 18.0. The van der Waals surface area contributed by atoms with Crippen LogP contribution < -0.4 is 0 Å². The van der Waals surface area contributed by atoms with Gasteiger partial charge in [-0.3, -0.25) is 0 Å². The van der Waals surface area contributed by atoms with Gasteiger partial charge in [0.2, 0.25) is 0 Å². The molecule has 11 rings (SSSR count). The number of hydrogen-bond donors (Lipinski definition) is 0. The zero-order chi connectivity index (χ0) is 35.8. The summed E-state index contributed by atoms with van der Waals surface area (Å²) in [5.41, 5.74) is 15.0. The van der Waals surface area contributed by atoms with Gasteiger partial charge in [-0.2, -0.15) is 5.26 Å². The van der Waals surface area contributed by atoms with Gasteiger partial charge in [0.15, 0.2) is 23.1 Å². The van der Waals surface area contributed by atoms with Crippen LogP contribution in [0, 0.1) is 11.3 Å². The van der Waals surface area contributed by atoms with Crippen molar-refractivity contribution in [3.05, 3.63) is 198 Å². The second-order valence-electron chi connectivity index (χ2n) is 13.8. The Kier molecular flexibility index (Phi) is 6.46. The molecule has 250 valence electrons. The highest BCUT2D eigenvalue weighted by Gasteiger charge is 2.52. The predicted octanol–water partition coefficient (Wildman–Crippen LogP) is 11.5. The first-order valence-corrected chi connectivity index (χ1v) is 18.0. The first kappa shape index (κ1) is 30.2. The molecule has 2 aromatic heterocycles. The Bertz CT molecular complexity index is 2890. The number of hydrogen-bond acceptors (Lipinski definition) is 5. The van der Waals surface area contributed by atoms with Crippen molar-refractivity contribution in [1.82, 2.24) is 15.0 Å². The van der Waals surface area contributed by atoms with E-state index in [2.05, 4.69) is 103 Å². The zero-order valence-electron chi connectivity index (χ0n) is 28.9. The number of aromatic nitrogens is 3. The SMILES string of the molecule is N#Cc1cc2c(c3ccoc13)-c1ccc(-c3ccc(-c4nc(-c5ccccc5)nc(-c5ccccc5)n4)cc3)cc1C21c2ccccc2-c2ccccc21. The van der Waals surface area contributed by atoms with Crippen LogP contribution in [-0.2, 0) is 5.41 Å². The van der Waals surface area contributed by atoms with Crippen LogP contribution in [0.1, 0.15) is 27.8 Å². The summed E-state index contributed by atoms with van der Waals surface area (Å²) in [4.78, 5) is 14.8. The molecule has 0 aliphatic heterocycles. The lowest BCUT2D eigenvalue weighted by Crippen LogP contribution is -2.26. The van der Waals surface area contributed by atoms with E-state index in [4.69, 9.17) is 19.4 Å². The summed E-state index contributed by atoms with van der Waals surface area (Å²) in [5, 5.41) is 11.3. The molecule has 0 radical (unpaired) electrons. The fraction of sp³-hybridized carbons (Fsp3) is 0.0204. The van der Waals surface area contributed by atoms with Crippen molar-refractivity contribution in [2.24, 2.45) is 0 Å². The predicted molar refractivity (Wildman–Crippen MR) is 212 cm³/mol. The number of nitriles is 1. The van der Waals surface area contributed by atoms with E-state index in [1.807, 2.05) is 66.7 Å². The van der Waals surface area contributed by atoms with Crippen LogP contribution in [0.3, 0.4) is 0 Å². The summed E-state index contributed by atoms with van der Waals surface area (Å²) >= 11 is 0. The normalized spacial score (nSPS) is 12.9. The molecule has 0 bridgehead atoms. The largest absolute Gasteiger partial charge is 0.463 e. The van der Waals surface area contributed by atoms with Gasteiger partial charge in [-0.1, -0.05) is 146 Å². The van der Waals surface area contributed by atoms with Crippen LogP contribution in [-0.4, -0.2) is 15.0 Å². The van der Waals surface area contributed by atoms with Crippen molar-refractivity contribution in [3.8, 4) is 73.6 Å². The Morgan fingerprint density at radius 1 is 0.444 bits per heavy atom. The second kappa shape index (κ2) is 11.5. The van der Waals surface area contributed by atoms with Crippen molar-refractivity contribution < 1.29 is 4.42 Å². The van der Waals surface area contributed by atoms with Crippen molar-refractivity contribution in [1.29, 1.82) is 5.26 Å². The lowest BCUT2D eigenvalue weighted by molar-refractivity contribution is 0.614. The third-order valence-electron chi connectivity index (χ3n) is 11.1. The second-order valence-corrected chi connectivity index (χ2v) is 13.8. The molecule has 2 heterocycles. The smallest absolute Gasteiger partial charge is 0.164 e. The van der Waals surface area contributed by atoms with Gasteiger partial charge in [-0.25, -0.2) is 15.0 Å². The third kappa shape index (κ3) is 4.22. The molecule has 0 unspecified atom stereocenters. The topological polar surface area (TPSA) is 75.6 Å². The number of benzene rings is 7. The highest BCUT2D eigenvalue weighted by molar-refractivity contribution is 6.06. The van der Waals surface area contributed by atoms with Crippen LogP contribution in [0.15, 0.2) is 174 Å². The van der Waals surface area contributed by atoms with Crippen molar-refractivity contribution >= 4 is 11.0 Å². The zero-order valence-corrected chi connectivity index (χ0v) is 28.9. The van der Waals surface area contributed by atoms with Crippen molar-refractivity contribution in [2.75, 3.05) is 0 Å². The molecule has 9 aromatic rings. The molecule has 2 aliphatic carbocycles. The van der Waals surface area contributed by atoms with Crippen molar-refractivity contribution in [2.45, 2.75) is 5.41 Å². The molecule has 7 aromatic carbocycles. The Morgan fingerprint density at radius 2 is 0.963 bits per heavy atom. The maximum absolute atomic E-state index is 10.3. The van der Waals surface area contributed by atoms with Gasteiger partial charge in [-0.05, 0) is 73.8 Å². The molecular weight excluding hydrogens is 661 g/mol. The van der Waals surface area contributed by atoms with E-state index >= 15 is 0 Å². The monoisotopic (exact) mass is 688 g/mol. The highest BCUT2D eigenvalue weighted by atomic mass is 16.3. The van der Waals surface area contributed by atoms with Gasteiger partial charge >= 0.3 is 0 Å². The van der Waals surface area contributed by atoms with Crippen LogP contribution >= 0.6 is 0 Å². The maximum Gasteiger partial charge on any atom is 0.164 e. The molecule has 0 fully saturated rings. The Labute approximate surface area is 311 Å². The molecule has 1 spiro atoms. The third-order valence-corrected chi connectivity index (χ3v) is 11.1. The van der Waals surface area contributed by atoms with Crippen molar-refractivity contribution in [3.63, 3.8) is 0 Å². The standard InChI is InChI=1S/C49H28N4O/c50-29-35-28-43-44(39-25-26-54-45(35)39)38-24-23-34(27-42(38)49(43)40-17-9-7-15-36(40)37-16-8-10-18-41(37)49)30-19-21-33(22-20-30)48-52-46(31-11-3-1-4-12-31)51-47(53-48)32-13-5-2-6-14-32/h1-28H. The maximum atomic E-state index is 10.3. The van der Waals surface area contributed by atoms with Gasteiger partial charge in [0.25, 0.3) is 0 Å². The number of nitrogens with zero attached hydrogens (tertiary/aromatic N) is 4. The Balaban J connectivity index is 1.09. The summed E-state index contributed by atoms with van der Waals surface area (Å²) in [6.45, 7) is 0. The molecule has 0 N–H and O–H groups in total. The fourth-order valence-electron chi connectivity index (χ4n) is 8.77. The van der Waals surface area contributed by atoms with Gasteiger partial charge in [0.05, 0.1) is 17.2 Å². The van der Waals surface area contributed by atoms with E-state index in [1.54, 1.807) is 6.26 Å². The number of furan rings is 1. The van der Waals surface area contributed by atoms with Gasteiger partial charge in [0.1, 0.15) is 6.07 Å². The first-order chi connectivity index (χ1) is 26.7. The molecule has 5 nitrogen and oxygen atoms in total. The minimum atomic E-state index is -0.600. The van der Waals surface area contributed by atoms with Crippen LogP contribution in [0.2, 0.25) is 0 Å². The lowest BCUT2D eigenvalue weighted by atomic mass is 9.70. The molecule has 2 aliphatic rings. The minimum Gasteiger partial charge on any atom is -0.463 e. The lowest BCUT2D eigenvalue weighted by Gasteiger charge is -2.30. The van der Waals surface area contributed by atoms with E-state index in [1.165, 1.54) is 27.8 Å².